The zero-order valence-corrected chi connectivity index (χ0v) is 43.6. The summed E-state index contributed by atoms with van der Waals surface area (Å²) in [6.07, 6.45) is 0. The first-order valence-corrected chi connectivity index (χ1v) is 24.1. The van der Waals surface area contributed by atoms with E-state index in [-0.39, 0.29) is 16.2 Å². The van der Waals surface area contributed by atoms with Gasteiger partial charge in [-0.3, -0.25) is 0 Å². The van der Waals surface area contributed by atoms with Gasteiger partial charge >= 0.3 is 0 Å². The van der Waals surface area contributed by atoms with Gasteiger partial charge in [-0.25, -0.2) is 0 Å². The van der Waals surface area contributed by atoms with Gasteiger partial charge in [0.2, 0.25) is 0 Å². The summed E-state index contributed by atoms with van der Waals surface area (Å²) in [7, 11) is 0. The monoisotopic (exact) mass is 855 g/mol. The average Bonchev–Trinajstić information content (AvgIpc) is 3.15. The van der Waals surface area contributed by atoms with Crippen LogP contribution in [0.3, 0.4) is 0 Å². The molecule has 0 bridgehead atoms. The number of benzene rings is 8. The molecule has 0 unspecified atom stereocenters. The SMILES string of the molecule is Cc1ccc(-c2c3cc(C(C)(C)C)c(C(C)(C)C)cc3c(-c3c(C)cc(C)cc3C)c3c(-c4c(C)cc(C)cc4C)c4cc(C(C)(C)C)ccc4c(-c4c(C)cc(C)cc4C)c23)c(C)c1. The Labute approximate surface area is 392 Å². The molecule has 334 valence electrons. The molecule has 0 aromatic heterocycles. The second-order valence-corrected chi connectivity index (χ2v) is 23.3. The van der Waals surface area contributed by atoms with Crippen LogP contribution in [0.2, 0.25) is 0 Å². The molecule has 0 saturated carbocycles. The van der Waals surface area contributed by atoms with Gasteiger partial charge in [-0.15, -0.1) is 0 Å². The summed E-state index contributed by atoms with van der Waals surface area (Å²) >= 11 is 0. The van der Waals surface area contributed by atoms with E-state index < -0.39 is 0 Å². The molecular formula is C65H74. The predicted octanol–water partition coefficient (Wildman–Crippen LogP) is 19.1. The average molecular weight is 855 g/mol. The van der Waals surface area contributed by atoms with Gasteiger partial charge in [-0.1, -0.05) is 151 Å². The third-order valence-electron chi connectivity index (χ3n) is 14.4. The molecule has 0 amide bonds. The molecule has 8 rings (SSSR count). The van der Waals surface area contributed by atoms with Crippen molar-refractivity contribution in [2.75, 3.05) is 0 Å². The molecule has 0 aliphatic carbocycles. The van der Waals surface area contributed by atoms with Crippen LogP contribution >= 0.6 is 0 Å². The molecule has 0 radical (unpaired) electrons. The van der Waals surface area contributed by atoms with Gasteiger partial charge in [0.25, 0.3) is 0 Å². The standard InChI is InChI=1S/C65H74/c1-35-21-23-47(39(5)25-35)57-50-33-52(64(15,16)17)53(65(18,19)20)34-51(50)60(56-44(10)30-38(4)31-45(56)11)62-59(55-42(8)28-37(3)29-43(55)9)49-32-46(63(12,13)14)22-24-48(49)58(61(57)62)54-40(6)26-36(2)27-41(54)7/h21-34H,1-20H3. The third kappa shape index (κ3) is 7.84. The molecule has 0 heterocycles. The van der Waals surface area contributed by atoms with E-state index in [2.05, 4.69) is 223 Å². The largest absolute Gasteiger partial charge is 0.0587 e. The fourth-order valence-corrected chi connectivity index (χ4v) is 11.9. The van der Waals surface area contributed by atoms with Crippen LogP contribution in [0.15, 0.2) is 84.9 Å². The zero-order valence-electron chi connectivity index (χ0n) is 43.6. The molecule has 0 aliphatic rings. The van der Waals surface area contributed by atoms with Crippen LogP contribution in [-0.4, -0.2) is 0 Å². The molecule has 0 atom stereocenters. The maximum atomic E-state index is 2.65. The highest BCUT2D eigenvalue weighted by atomic mass is 14.4. The summed E-state index contributed by atoms with van der Waals surface area (Å²) in [4.78, 5) is 0. The van der Waals surface area contributed by atoms with Crippen LogP contribution in [0, 0.1) is 76.2 Å². The first-order chi connectivity index (χ1) is 30.2. The van der Waals surface area contributed by atoms with Crippen molar-refractivity contribution >= 4 is 32.3 Å². The quantitative estimate of drug-likeness (QED) is 0.155. The minimum Gasteiger partial charge on any atom is -0.0587 e. The Morgan fingerprint density at radius 1 is 0.262 bits per heavy atom. The Hall–Kier alpha value is -5.46. The van der Waals surface area contributed by atoms with Crippen LogP contribution in [0.5, 0.6) is 0 Å². The first kappa shape index (κ1) is 46.1. The maximum Gasteiger partial charge on any atom is -0.0000979 e. The molecule has 0 heteroatoms. The topological polar surface area (TPSA) is 0 Å². The summed E-state index contributed by atoms with van der Waals surface area (Å²) in [5.74, 6) is 0. The Morgan fingerprint density at radius 3 is 0.969 bits per heavy atom. The predicted molar refractivity (Wildman–Crippen MR) is 289 cm³/mol. The fraction of sp³-hybridized carbons (Fsp3) is 0.354. The van der Waals surface area contributed by atoms with E-state index in [1.54, 1.807) is 0 Å². The number of aryl methyl sites for hydroxylation is 11. The summed E-state index contributed by atoms with van der Waals surface area (Å²) in [5, 5.41) is 8.00. The number of fused-ring (bicyclic) bond motifs is 3. The van der Waals surface area contributed by atoms with Crippen LogP contribution in [0.25, 0.3) is 76.8 Å². The fourth-order valence-electron chi connectivity index (χ4n) is 11.9. The second-order valence-electron chi connectivity index (χ2n) is 23.3. The van der Waals surface area contributed by atoms with Gasteiger partial charge in [-0.2, -0.15) is 0 Å². The van der Waals surface area contributed by atoms with E-state index in [0.717, 1.165) is 0 Å². The van der Waals surface area contributed by atoms with Gasteiger partial charge in [0.1, 0.15) is 0 Å². The van der Waals surface area contributed by atoms with E-state index in [0.29, 0.717) is 0 Å². The van der Waals surface area contributed by atoms with Crippen molar-refractivity contribution in [1.82, 2.24) is 0 Å². The summed E-state index contributed by atoms with van der Waals surface area (Å²) in [5.41, 5.74) is 29.0. The van der Waals surface area contributed by atoms with Crippen molar-refractivity contribution in [1.29, 1.82) is 0 Å². The highest BCUT2D eigenvalue weighted by molar-refractivity contribution is 6.35. The number of hydrogen-bond acceptors (Lipinski definition) is 0. The van der Waals surface area contributed by atoms with Crippen molar-refractivity contribution < 1.29 is 0 Å². The molecule has 8 aromatic carbocycles. The highest BCUT2D eigenvalue weighted by Crippen LogP contribution is 2.57. The van der Waals surface area contributed by atoms with Crippen molar-refractivity contribution in [2.45, 2.75) is 155 Å². The highest BCUT2D eigenvalue weighted by Gasteiger charge is 2.33. The maximum absolute atomic E-state index is 2.65. The molecule has 8 aromatic rings. The smallest absolute Gasteiger partial charge is 0.0000979 e. The minimum atomic E-state index is -0.0976. The molecule has 0 spiro atoms. The molecule has 0 N–H and O–H groups in total. The Balaban J connectivity index is 1.93. The lowest BCUT2D eigenvalue weighted by Crippen LogP contribution is -2.22. The summed E-state index contributed by atoms with van der Waals surface area (Å²) in [6.45, 7) is 47.0. The van der Waals surface area contributed by atoms with Gasteiger partial charge in [-0.05, 0) is 243 Å². The van der Waals surface area contributed by atoms with Gasteiger partial charge < -0.3 is 0 Å². The Kier molecular flexibility index (Phi) is 11.2. The third-order valence-corrected chi connectivity index (χ3v) is 14.4. The summed E-state index contributed by atoms with van der Waals surface area (Å²) in [6, 6.07) is 34.4. The van der Waals surface area contributed by atoms with Crippen molar-refractivity contribution in [2.24, 2.45) is 0 Å². The molecular weight excluding hydrogens is 781 g/mol. The minimum absolute atomic E-state index is 0.0564. The van der Waals surface area contributed by atoms with E-state index >= 15 is 0 Å². The van der Waals surface area contributed by atoms with Crippen LogP contribution < -0.4 is 0 Å². The van der Waals surface area contributed by atoms with E-state index in [9.17, 15) is 0 Å². The lowest BCUT2D eigenvalue weighted by Gasteiger charge is -2.33. The zero-order chi connectivity index (χ0) is 47.6. The van der Waals surface area contributed by atoms with Gasteiger partial charge in [0.15, 0.2) is 0 Å². The molecule has 0 aliphatic heterocycles. The van der Waals surface area contributed by atoms with Crippen LogP contribution in [0.1, 0.15) is 140 Å². The lowest BCUT2D eigenvalue weighted by molar-refractivity contribution is 0.531. The van der Waals surface area contributed by atoms with E-state index in [1.807, 2.05) is 0 Å². The van der Waals surface area contributed by atoms with Crippen molar-refractivity contribution in [3.05, 3.63) is 163 Å². The Bertz CT molecular complexity index is 3210. The molecule has 65 heavy (non-hydrogen) atoms. The Morgan fingerprint density at radius 2 is 0.600 bits per heavy atom. The summed E-state index contributed by atoms with van der Waals surface area (Å²) < 4.78 is 0. The normalized spacial score (nSPS) is 12.6. The van der Waals surface area contributed by atoms with Gasteiger partial charge in [0, 0.05) is 0 Å². The first-order valence-electron chi connectivity index (χ1n) is 24.1. The number of hydrogen-bond donors (Lipinski definition) is 0. The van der Waals surface area contributed by atoms with Crippen molar-refractivity contribution in [3.8, 4) is 44.5 Å². The van der Waals surface area contributed by atoms with Crippen molar-refractivity contribution in [3.63, 3.8) is 0 Å². The lowest BCUT2D eigenvalue weighted by atomic mass is 9.70. The molecule has 0 fully saturated rings. The molecule has 0 saturated heterocycles. The second kappa shape index (κ2) is 15.9. The molecule has 0 nitrogen and oxygen atoms in total. The van der Waals surface area contributed by atoms with E-state index in [4.69, 9.17) is 0 Å². The number of rotatable bonds is 4. The van der Waals surface area contributed by atoms with E-state index in [1.165, 1.54) is 155 Å². The van der Waals surface area contributed by atoms with Crippen LogP contribution in [0.4, 0.5) is 0 Å². The van der Waals surface area contributed by atoms with Crippen LogP contribution in [-0.2, 0) is 16.2 Å². The van der Waals surface area contributed by atoms with Gasteiger partial charge in [0.05, 0.1) is 0 Å².